The Labute approximate surface area is 139 Å². The van der Waals surface area contributed by atoms with Crippen molar-refractivity contribution in [3.8, 4) is 0 Å². The highest BCUT2D eigenvalue weighted by molar-refractivity contribution is 5.94. The molecule has 2 fully saturated rings. The van der Waals surface area contributed by atoms with Crippen LogP contribution in [0, 0.1) is 25.7 Å². The fourth-order valence-electron chi connectivity index (χ4n) is 4.14. The number of nitrogens with two attached hydrogens (primary N) is 1. The quantitative estimate of drug-likeness (QED) is 0.877. The second kappa shape index (κ2) is 7.01. The predicted molar refractivity (Wildman–Crippen MR) is 92.5 cm³/mol. The van der Waals surface area contributed by atoms with Gasteiger partial charge in [-0.25, -0.2) is 0 Å². The number of aryl methyl sites for hydroxylation is 2. The molecule has 3 nitrogen and oxygen atoms in total. The van der Waals surface area contributed by atoms with Gasteiger partial charge in [-0.2, -0.15) is 0 Å². The number of fused-ring (bicyclic) bond motifs is 2. The first-order chi connectivity index (χ1) is 10.0. The molecule has 2 unspecified atom stereocenters. The summed E-state index contributed by atoms with van der Waals surface area (Å²) in [5.74, 6) is 1.22. The van der Waals surface area contributed by atoms with Gasteiger partial charge in [0.2, 0.25) is 0 Å². The molecule has 0 aliphatic heterocycles. The van der Waals surface area contributed by atoms with Crippen molar-refractivity contribution in [3.05, 3.63) is 34.9 Å². The first-order valence-corrected chi connectivity index (χ1v) is 8.18. The first-order valence-electron chi connectivity index (χ1n) is 8.18. The monoisotopic (exact) mass is 322 g/mol. The van der Waals surface area contributed by atoms with Crippen LogP contribution in [0.2, 0.25) is 0 Å². The topological polar surface area (TPSA) is 55.1 Å². The van der Waals surface area contributed by atoms with Crippen LogP contribution in [0.3, 0.4) is 0 Å². The number of hydrogen-bond acceptors (Lipinski definition) is 2. The lowest BCUT2D eigenvalue weighted by atomic mass is 9.67. The van der Waals surface area contributed by atoms with Gasteiger partial charge in [-0.15, -0.1) is 12.4 Å². The number of carbonyl (C=O) groups is 1. The Morgan fingerprint density at radius 2 is 1.77 bits per heavy atom. The van der Waals surface area contributed by atoms with Crippen molar-refractivity contribution in [2.45, 2.75) is 58.0 Å². The summed E-state index contributed by atoms with van der Waals surface area (Å²) in [6.45, 7) is 4.13. The fourth-order valence-corrected chi connectivity index (χ4v) is 4.14. The molecule has 3 rings (SSSR count). The summed E-state index contributed by atoms with van der Waals surface area (Å²) < 4.78 is 0. The lowest BCUT2D eigenvalue weighted by molar-refractivity contribution is 0.0756. The number of carbonyl (C=O) groups excluding carboxylic acids is 1. The number of rotatable bonds is 2. The van der Waals surface area contributed by atoms with E-state index in [0.29, 0.717) is 23.9 Å². The number of benzene rings is 1. The molecule has 2 aliphatic rings. The lowest BCUT2D eigenvalue weighted by Crippen LogP contribution is -2.53. The summed E-state index contributed by atoms with van der Waals surface area (Å²) in [4.78, 5) is 12.5. The van der Waals surface area contributed by atoms with Gasteiger partial charge < -0.3 is 11.1 Å². The van der Waals surface area contributed by atoms with Crippen molar-refractivity contribution < 1.29 is 4.79 Å². The zero-order valence-corrected chi connectivity index (χ0v) is 14.3. The minimum atomic E-state index is 0. The molecule has 2 saturated carbocycles. The average molecular weight is 323 g/mol. The second-order valence-electron chi connectivity index (χ2n) is 6.98. The van der Waals surface area contributed by atoms with Gasteiger partial charge in [0.25, 0.3) is 5.91 Å². The van der Waals surface area contributed by atoms with Gasteiger partial charge in [-0.1, -0.05) is 12.5 Å². The van der Waals surface area contributed by atoms with E-state index in [1.54, 1.807) is 0 Å². The van der Waals surface area contributed by atoms with Crippen LogP contribution in [0.1, 0.15) is 53.6 Å². The molecule has 0 saturated heterocycles. The van der Waals surface area contributed by atoms with Crippen LogP contribution in [-0.4, -0.2) is 18.0 Å². The van der Waals surface area contributed by atoms with E-state index in [9.17, 15) is 4.79 Å². The Balaban J connectivity index is 0.00000176. The molecule has 1 aromatic rings. The van der Waals surface area contributed by atoms with Gasteiger partial charge >= 0.3 is 0 Å². The molecule has 1 aromatic carbocycles. The Morgan fingerprint density at radius 3 is 2.36 bits per heavy atom. The standard InChI is InChI=1S/C18H26N2O.ClH/c1-11-6-7-15(8-12(11)2)18(21)20-17-13-4-3-5-14(17)10-16(19)9-13;/h6-8,13-14,16-17H,3-5,9-10,19H2,1-2H3,(H,20,21);1H. The molecule has 2 bridgehead atoms. The van der Waals surface area contributed by atoms with Crippen molar-refractivity contribution in [1.29, 1.82) is 0 Å². The third-order valence-electron chi connectivity index (χ3n) is 5.44. The second-order valence-corrected chi connectivity index (χ2v) is 6.98. The van der Waals surface area contributed by atoms with E-state index >= 15 is 0 Å². The first kappa shape index (κ1) is 17.3. The minimum Gasteiger partial charge on any atom is -0.349 e. The SMILES string of the molecule is Cc1ccc(C(=O)NC2C3CCCC2CC(N)C3)cc1C.Cl. The predicted octanol–water partition coefficient (Wildman–Crippen LogP) is 3.36. The normalized spacial score (nSPS) is 30.3. The minimum absolute atomic E-state index is 0. The largest absolute Gasteiger partial charge is 0.349 e. The van der Waals surface area contributed by atoms with E-state index in [-0.39, 0.29) is 18.3 Å². The fraction of sp³-hybridized carbons (Fsp3) is 0.611. The molecule has 2 aliphatic carbocycles. The van der Waals surface area contributed by atoms with Crippen molar-refractivity contribution in [2.75, 3.05) is 0 Å². The highest BCUT2D eigenvalue weighted by Crippen LogP contribution is 2.39. The van der Waals surface area contributed by atoms with Crippen LogP contribution in [0.5, 0.6) is 0 Å². The van der Waals surface area contributed by atoms with Gasteiger partial charge in [0.15, 0.2) is 0 Å². The number of hydrogen-bond donors (Lipinski definition) is 2. The Bertz CT molecular complexity index is 532. The molecule has 0 aromatic heterocycles. The maximum atomic E-state index is 12.5. The lowest BCUT2D eigenvalue weighted by Gasteiger charge is -2.45. The van der Waals surface area contributed by atoms with Crippen molar-refractivity contribution in [3.63, 3.8) is 0 Å². The van der Waals surface area contributed by atoms with Gasteiger partial charge in [0.05, 0.1) is 0 Å². The molecule has 0 heterocycles. The highest BCUT2D eigenvalue weighted by Gasteiger charge is 2.39. The van der Waals surface area contributed by atoms with Gasteiger partial charge in [0.1, 0.15) is 0 Å². The summed E-state index contributed by atoms with van der Waals surface area (Å²) in [5, 5.41) is 3.31. The van der Waals surface area contributed by atoms with Gasteiger partial charge in [-0.05, 0) is 74.6 Å². The van der Waals surface area contributed by atoms with E-state index < -0.39 is 0 Å². The molecule has 3 N–H and O–H groups in total. The van der Waals surface area contributed by atoms with Crippen LogP contribution in [0.25, 0.3) is 0 Å². The van der Waals surface area contributed by atoms with Gasteiger partial charge in [0, 0.05) is 17.6 Å². The van der Waals surface area contributed by atoms with Crippen LogP contribution < -0.4 is 11.1 Å². The molecular weight excluding hydrogens is 296 g/mol. The highest BCUT2D eigenvalue weighted by atomic mass is 35.5. The van der Waals surface area contributed by atoms with Crippen LogP contribution in [-0.2, 0) is 0 Å². The summed E-state index contributed by atoms with van der Waals surface area (Å²) >= 11 is 0. The summed E-state index contributed by atoms with van der Waals surface area (Å²) in [6, 6.07) is 6.61. The molecule has 0 radical (unpaired) electrons. The van der Waals surface area contributed by atoms with E-state index in [4.69, 9.17) is 5.73 Å². The number of nitrogens with one attached hydrogen (secondary N) is 1. The number of halogens is 1. The molecule has 0 spiro atoms. The third-order valence-corrected chi connectivity index (χ3v) is 5.44. The summed E-state index contributed by atoms with van der Waals surface area (Å²) in [7, 11) is 0. The molecule has 1 amide bonds. The van der Waals surface area contributed by atoms with Crippen LogP contribution in [0.15, 0.2) is 18.2 Å². The van der Waals surface area contributed by atoms with Crippen LogP contribution >= 0.6 is 12.4 Å². The van der Waals surface area contributed by atoms with Crippen LogP contribution in [0.4, 0.5) is 0 Å². The summed E-state index contributed by atoms with van der Waals surface area (Å²) in [6.07, 6.45) is 5.84. The smallest absolute Gasteiger partial charge is 0.251 e. The zero-order valence-electron chi connectivity index (χ0n) is 13.5. The van der Waals surface area contributed by atoms with E-state index in [1.165, 1.54) is 30.4 Å². The average Bonchev–Trinajstić information content (AvgIpc) is 2.42. The Kier molecular flexibility index (Phi) is 5.51. The van der Waals surface area contributed by atoms with Gasteiger partial charge in [-0.3, -0.25) is 4.79 Å². The number of amides is 1. The molecule has 22 heavy (non-hydrogen) atoms. The third kappa shape index (κ3) is 3.47. The molecule has 122 valence electrons. The van der Waals surface area contributed by atoms with Crippen molar-refractivity contribution in [1.82, 2.24) is 5.32 Å². The van der Waals surface area contributed by atoms with Crippen molar-refractivity contribution >= 4 is 18.3 Å². The van der Waals surface area contributed by atoms with E-state index in [0.717, 1.165) is 18.4 Å². The van der Waals surface area contributed by atoms with Crippen molar-refractivity contribution in [2.24, 2.45) is 17.6 Å². The maximum absolute atomic E-state index is 12.5. The molecule has 2 atom stereocenters. The van der Waals surface area contributed by atoms with E-state index in [2.05, 4.69) is 19.2 Å². The Hall–Kier alpha value is -1.06. The molecule has 4 heteroatoms. The zero-order chi connectivity index (χ0) is 15.0. The summed E-state index contributed by atoms with van der Waals surface area (Å²) in [5.41, 5.74) is 9.34. The Morgan fingerprint density at radius 1 is 1.14 bits per heavy atom. The van der Waals surface area contributed by atoms with E-state index in [1.807, 2.05) is 18.2 Å². The maximum Gasteiger partial charge on any atom is 0.251 e. The molecular formula is C18H27ClN2O.